The SMILES string of the molecule is C[C@@H]1CC[C@@H](C(C)(C)c2ccccc2)[C@H](OC(=O)[C@@H]2OC23CCCCC3)C1. The van der Waals surface area contributed by atoms with Crippen LogP contribution in [-0.4, -0.2) is 23.8 Å². The third kappa shape index (κ3) is 3.68. The summed E-state index contributed by atoms with van der Waals surface area (Å²) in [5, 5.41) is 0. The zero-order valence-electron chi connectivity index (χ0n) is 17.1. The molecule has 1 spiro atoms. The summed E-state index contributed by atoms with van der Waals surface area (Å²) >= 11 is 0. The van der Waals surface area contributed by atoms with Crippen molar-refractivity contribution in [3.63, 3.8) is 0 Å². The monoisotopic (exact) mass is 370 g/mol. The Kier molecular flexibility index (Phi) is 5.09. The second-order valence-electron chi connectivity index (χ2n) is 9.71. The van der Waals surface area contributed by atoms with Crippen LogP contribution in [0, 0.1) is 11.8 Å². The molecule has 3 nitrogen and oxygen atoms in total. The molecule has 2 saturated carbocycles. The summed E-state index contributed by atoms with van der Waals surface area (Å²) in [6, 6.07) is 10.7. The van der Waals surface area contributed by atoms with Crippen molar-refractivity contribution < 1.29 is 14.3 Å². The largest absolute Gasteiger partial charge is 0.460 e. The van der Waals surface area contributed by atoms with Gasteiger partial charge < -0.3 is 9.47 Å². The summed E-state index contributed by atoms with van der Waals surface area (Å²) < 4.78 is 12.1. The average molecular weight is 371 g/mol. The molecule has 2 aliphatic carbocycles. The molecule has 0 aromatic heterocycles. The van der Waals surface area contributed by atoms with Gasteiger partial charge in [0.25, 0.3) is 0 Å². The number of hydrogen-bond acceptors (Lipinski definition) is 3. The minimum Gasteiger partial charge on any atom is -0.460 e. The third-order valence-corrected chi connectivity index (χ3v) is 7.45. The molecule has 1 heterocycles. The Hall–Kier alpha value is -1.35. The molecule has 3 heteroatoms. The van der Waals surface area contributed by atoms with E-state index in [0.29, 0.717) is 11.8 Å². The molecule has 3 fully saturated rings. The molecule has 1 saturated heterocycles. The van der Waals surface area contributed by atoms with Gasteiger partial charge in [-0.15, -0.1) is 0 Å². The van der Waals surface area contributed by atoms with Gasteiger partial charge in [-0.3, -0.25) is 0 Å². The van der Waals surface area contributed by atoms with Gasteiger partial charge in [0.05, 0.1) is 0 Å². The van der Waals surface area contributed by atoms with E-state index in [2.05, 4.69) is 51.1 Å². The molecule has 1 aliphatic heterocycles. The number of rotatable bonds is 4. The smallest absolute Gasteiger partial charge is 0.338 e. The van der Waals surface area contributed by atoms with Crippen LogP contribution >= 0.6 is 0 Å². The molecule has 1 aromatic carbocycles. The number of epoxide rings is 1. The number of hydrogen-bond donors (Lipinski definition) is 0. The second kappa shape index (κ2) is 7.24. The molecule has 0 amide bonds. The lowest BCUT2D eigenvalue weighted by Gasteiger charge is -2.44. The van der Waals surface area contributed by atoms with Crippen molar-refractivity contribution in [2.75, 3.05) is 0 Å². The normalized spacial score (nSPS) is 32.9. The molecule has 0 unspecified atom stereocenters. The lowest BCUT2D eigenvalue weighted by Crippen LogP contribution is -2.44. The van der Waals surface area contributed by atoms with Crippen LogP contribution in [0.5, 0.6) is 0 Å². The molecule has 0 N–H and O–H groups in total. The van der Waals surface area contributed by atoms with E-state index in [4.69, 9.17) is 9.47 Å². The predicted molar refractivity (Wildman–Crippen MR) is 107 cm³/mol. The number of carbonyl (C=O) groups is 1. The van der Waals surface area contributed by atoms with Gasteiger partial charge in [-0.2, -0.15) is 0 Å². The van der Waals surface area contributed by atoms with E-state index in [1.54, 1.807) is 0 Å². The summed E-state index contributed by atoms with van der Waals surface area (Å²) in [6.45, 7) is 6.89. The Balaban J connectivity index is 1.48. The van der Waals surface area contributed by atoms with Crippen LogP contribution in [0.1, 0.15) is 77.7 Å². The maximum absolute atomic E-state index is 12.9. The van der Waals surface area contributed by atoms with Crippen LogP contribution in [-0.2, 0) is 19.7 Å². The van der Waals surface area contributed by atoms with Crippen molar-refractivity contribution >= 4 is 5.97 Å². The quantitative estimate of drug-likeness (QED) is 0.525. The van der Waals surface area contributed by atoms with Gasteiger partial charge in [0.2, 0.25) is 0 Å². The van der Waals surface area contributed by atoms with Gasteiger partial charge in [-0.25, -0.2) is 4.79 Å². The van der Waals surface area contributed by atoms with E-state index in [-0.39, 0.29) is 29.2 Å². The number of ether oxygens (including phenoxy) is 2. The van der Waals surface area contributed by atoms with Crippen molar-refractivity contribution in [1.82, 2.24) is 0 Å². The summed E-state index contributed by atoms with van der Waals surface area (Å²) in [7, 11) is 0. The molecule has 4 rings (SSSR count). The zero-order valence-corrected chi connectivity index (χ0v) is 17.1. The van der Waals surface area contributed by atoms with Gasteiger partial charge in [-0.1, -0.05) is 76.8 Å². The highest BCUT2D eigenvalue weighted by Crippen LogP contribution is 2.50. The minimum absolute atomic E-state index is 0.0127. The molecular weight excluding hydrogens is 336 g/mol. The Bertz CT molecular complexity index is 659. The fourth-order valence-electron chi connectivity index (χ4n) is 5.57. The van der Waals surface area contributed by atoms with E-state index in [1.165, 1.54) is 31.2 Å². The fourth-order valence-corrected chi connectivity index (χ4v) is 5.57. The number of benzene rings is 1. The third-order valence-electron chi connectivity index (χ3n) is 7.45. The van der Waals surface area contributed by atoms with E-state index >= 15 is 0 Å². The number of carbonyl (C=O) groups excluding carboxylic acids is 1. The van der Waals surface area contributed by atoms with E-state index in [1.807, 2.05) is 0 Å². The highest BCUT2D eigenvalue weighted by atomic mass is 16.7. The topological polar surface area (TPSA) is 38.8 Å². The first-order valence-electron chi connectivity index (χ1n) is 10.9. The van der Waals surface area contributed by atoms with Crippen molar-refractivity contribution in [3.8, 4) is 0 Å². The summed E-state index contributed by atoms with van der Waals surface area (Å²) in [5.41, 5.74) is 1.14. The lowest BCUT2D eigenvalue weighted by atomic mass is 9.64. The Labute approximate surface area is 163 Å². The van der Waals surface area contributed by atoms with Crippen molar-refractivity contribution in [2.24, 2.45) is 11.8 Å². The predicted octanol–water partition coefficient (Wildman–Crippen LogP) is 5.41. The first-order valence-corrected chi connectivity index (χ1v) is 10.9. The van der Waals surface area contributed by atoms with Gasteiger partial charge >= 0.3 is 5.97 Å². The Morgan fingerprint density at radius 2 is 1.81 bits per heavy atom. The van der Waals surface area contributed by atoms with Gasteiger partial charge in [0, 0.05) is 5.92 Å². The summed E-state index contributed by atoms with van der Waals surface area (Å²) in [6.07, 6.45) is 8.61. The van der Waals surface area contributed by atoms with Crippen molar-refractivity contribution in [1.29, 1.82) is 0 Å². The summed E-state index contributed by atoms with van der Waals surface area (Å²) in [5.74, 6) is 0.848. The first kappa shape index (κ1) is 19.0. The molecular formula is C24H34O3. The van der Waals surface area contributed by atoms with Crippen LogP contribution in [0.15, 0.2) is 30.3 Å². The second-order valence-corrected chi connectivity index (χ2v) is 9.71. The van der Waals surface area contributed by atoms with Gasteiger partial charge in [-0.05, 0) is 42.6 Å². The van der Waals surface area contributed by atoms with Gasteiger partial charge in [0.1, 0.15) is 11.7 Å². The summed E-state index contributed by atoms with van der Waals surface area (Å²) in [4.78, 5) is 12.9. The minimum atomic E-state index is -0.310. The average Bonchev–Trinajstić information content (AvgIpc) is 3.36. The first-order chi connectivity index (χ1) is 12.9. The van der Waals surface area contributed by atoms with Crippen LogP contribution in [0.3, 0.4) is 0 Å². The van der Waals surface area contributed by atoms with Crippen molar-refractivity contribution in [3.05, 3.63) is 35.9 Å². The Morgan fingerprint density at radius 3 is 2.52 bits per heavy atom. The van der Waals surface area contributed by atoms with Crippen LogP contribution in [0.2, 0.25) is 0 Å². The molecule has 148 valence electrons. The lowest BCUT2D eigenvalue weighted by molar-refractivity contribution is -0.158. The highest BCUT2D eigenvalue weighted by Gasteiger charge is 2.61. The highest BCUT2D eigenvalue weighted by molar-refractivity contribution is 5.79. The standard InChI is InChI=1S/C24H34O3/c1-17-12-13-19(23(2,3)18-10-6-4-7-11-18)20(16-17)26-22(25)21-24(27-21)14-8-5-9-15-24/h4,6-7,10-11,17,19-21H,5,8-9,12-16H2,1-3H3/t17-,19-,20-,21+/m1/s1. The molecule has 0 radical (unpaired) electrons. The zero-order chi connectivity index (χ0) is 19.1. The molecule has 3 aliphatic rings. The maximum atomic E-state index is 12.9. The molecule has 27 heavy (non-hydrogen) atoms. The van der Waals surface area contributed by atoms with E-state index < -0.39 is 0 Å². The van der Waals surface area contributed by atoms with E-state index in [0.717, 1.165) is 25.7 Å². The van der Waals surface area contributed by atoms with Gasteiger partial charge in [0.15, 0.2) is 6.10 Å². The maximum Gasteiger partial charge on any atom is 0.338 e. The van der Waals surface area contributed by atoms with Crippen LogP contribution in [0.25, 0.3) is 0 Å². The molecule has 4 atom stereocenters. The molecule has 1 aromatic rings. The van der Waals surface area contributed by atoms with E-state index in [9.17, 15) is 4.79 Å². The molecule has 0 bridgehead atoms. The van der Waals surface area contributed by atoms with Crippen LogP contribution < -0.4 is 0 Å². The Morgan fingerprint density at radius 1 is 1.11 bits per heavy atom. The van der Waals surface area contributed by atoms with Crippen molar-refractivity contribution in [2.45, 2.75) is 95.4 Å². The number of esters is 1. The van der Waals surface area contributed by atoms with Crippen LogP contribution in [0.4, 0.5) is 0 Å². The fraction of sp³-hybridized carbons (Fsp3) is 0.708.